The quantitative estimate of drug-likeness (QED) is 0.790. The maximum absolute atomic E-state index is 14.4. The Morgan fingerprint density at radius 2 is 2.17 bits per heavy atom. The molecule has 0 aliphatic heterocycles. The normalized spacial score (nSPS) is 14.4. The molecule has 0 fully saturated rings. The van der Waals surface area contributed by atoms with Crippen molar-refractivity contribution >= 4 is 11.2 Å². The SMILES string of the molecule is OCc1cnc2c(F)cc(C3=CCCCc4ncncc43)cn12. The van der Waals surface area contributed by atoms with Gasteiger partial charge in [0.2, 0.25) is 0 Å². The Morgan fingerprint density at radius 3 is 3.04 bits per heavy atom. The number of aryl methyl sites for hydroxylation is 1. The van der Waals surface area contributed by atoms with Crippen LogP contribution in [-0.2, 0) is 13.0 Å². The summed E-state index contributed by atoms with van der Waals surface area (Å²) in [5, 5.41) is 9.40. The number of nitrogens with zero attached hydrogens (tertiary/aromatic N) is 4. The van der Waals surface area contributed by atoms with Crippen LogP contribution in [0.25, 0.3) is 11.2 Å². The van der Waals surface area contributed by atoms with Crippen LogP contribution in [0.1, 0.15) is 35.4 Å². The fraction of sp³-hybridized carbons (Fsp3) is 0.235. The molecule has 1 aliphatic carbocycles. The highest BCUT2D eigenvalue weighted by molar-refractivity contribution is 5.81. The minimum Gasteiger partial charge on any atom is -0.390 e. The number of imidazole rings is 1. The summed E-state index contributed by atoms with van der Waals surface area (Å²) in [5.74, 6) is -0.411. The number of aliphatic hydroxyl groups excluding tert-OH is 1. The first-order valence-electron chi connectivity index (χ1n) is 7.54. The molecular weight excluding hydrogens is 295 g/mol. The van der Waals surface area contributed by atoms with Crippen LogP contribution in [0.5, 0.6) is 0 Å². The van der Waals surface area contributed by atoms with E-state index in [1.54, 1.807) is 16.9 Å². The zero-order valence-corrected chi connectivity index (χ0v) is 12.4. The molecule has 23 heavy (non-hydrogen) atoms. The Labute approximate surface area is 132 Å². The van der Waals surface area contributed by atoms with E-state index in [4.69, 9.17) is 0 Å². The highest BCUT2D eigenvalue weighted by Crippen LogP contribution is 2.30. The Hall–Kier alpha value is -2.60. The predicted octanol–water partition coefficient (Wildman–Crippen LogP) is 2.52. The summed E-state index contributed by atoms with van der Waals surface area (Å²) in [6.07, 6.45) is 11.5. The van der Waals surface area contributed by atoms with Crippen LogP contribution in [0, 0.1) is 5.82 Å². The number of aromatic nitrogens is 4. The fourth-order valence-corrected chi connectivity index (χ4v) is 3.04. The molecule has 4 rings (SSSR count). The number of rotatable bonds is 2. The summed E-state index contributed by atoms with van der Waals surface area (Å²) in [5.41, 5.74) is 4.36. The first kappa shape index (κ1) is 14.0. The lowest BCUT2D eigenvalue weighted by molar-refractivity contribution is 0.275. The maximum atomic E-state index is 14.4. The van der Waals surface area contributed by atoms with Gasteiger partial charge in [-0.3, -0.25) is 4.40 Å². The van der Waals surface area contributed by atoms with E-state index in [0.29, 0.717) is 5.69 Å². The number of pyridine rings is 1. The third-order valence-electron chi connectivity index (χ3n) is 4.16. The lowest BCUT2D eigenvalue weighted by atomic mass is 9.99. The van der Waals surface area contributed by atoms with Crippen molar-refractivity contribution < 1.29 is 9.50 Å². The van der Waals surface area contributed by atoms with Crippen molar-refractivity contribution in [3.8, 4) is 0 Å². The Bertz CT molecular complexity index is 916. The molecule has 3 heterocycles. The van der Waals surface area contributed by atoms with Crippen LogP contribution in [0.4, 0.5) is 4.39 Å². The van der Waals surface area contributed by atoms with E-state index < -0.39 is 5.82 Å². The van der Waals surface area contributed by atoms with Gasteiger partial charge < -0.3 is 5.11 Å². The minimum atomic E-state index is -0.411. The van der Waals surface area contributed by atoms with Gasteiger partial charge in [-0.2, -0.15) is 0 Å². The molecule has 0 radical (unpaired) electrons. The molecular formula is C17H15FN4O. The highest BCUT2D eigenvalue weighted by Gasteiger charge is 2.17. The second-order valence-electron chi connectivity index (χ2n) is 5.57. The van der Waals surface area contributed by atoms with Gasteiger partial charge in [0.25, 0.3) is 0 Å². The molecule has 0 bridgehead atoms. The maximum Gasteiger partial charge on any atom is 0.173 e. The van der Waals surface area contributed by atoms with Gasteiger partial charge in [0.15, 0.2) is 11.5 Å². The summed E-state index contributed by atoms with van der Waals surface area (Å²) in [7, 11) is 0. The van der Waals surface area contributed by atoms with Crippen LogP contribution < -0.4 is 0 Å². The van der Waals surface area contributed by atoms with Crippen LogP contribution in [0.2, 0.25) is 0 Å². The van der Waals surface area contributed by atoms with Crippen LogP contribution in [0.3, 0.4) is 0 Å². The third kappa shape index (κ3) is 2.31. The van der Waals surface area contributed by atoms with E-state index in [2.05, 4.69) is 21.0 Å². The molecule has 0 saturated carbocycles. The monoisotopic (exact) mass is 310 g/mol. The number of halogens is 1. The van der Waals surface area contributed by atoms with Crippen LogP contribution in [-0.4, -0.2) is 24.5 Å². The Balaban J connectivity index is 1.94. The van der Waals surface area contributed by atoms with Crippen LogP contribution in [0.15, 0.2) is 37.1 Å². The molecule has 3 aromatic rings. The van der Waals surface area contributed by atoms with Gasteiger partial charge in [0.05, 0.1) is 24.2 Å². The molecule has 116 valence electrons. The molecule has 1 N–H and O–H groups in total. The van der Waals surface area contributed by atoms with Gasteiger partial charge in [-0.25, -0.2) is 19.3 Å². The molecule has 0 saturated heterocycles. The first-order valence-corrected chi connectivity index (χ1v) is 7.54. The molecule has 0 atom stereocenters. The molecule has 5 nitrogen and oxygen atoms in total. The second-order valence-corrected chi connectivity index (χ2v) is 5.57. The van der Waals surface area contributed by atoms with Crippen molar-refractivity contribution in [2.45, 2.75) is 25.9 Å². The molecule has 0 unspecified atom stereocenters. The van der Waals surface area contributed by atoms with Gasteiger partial charge in [-0.05, 0) is 30.9 Å². The average molecular weight is 310 g/mol. The van der Waals surface area contributed by atoms with Crippen molar-refractivity contribution in [1.82, 2.24) is 19.4 Å². The number of fused-ring (bicyclic) bond motifs is 2. The molecule has 6 heteroatoms. The summed E-state index contributed by atoms with van der Waals surface area (Å²) in [4.78, 5) is 12.5. The second kappa shape index (κ2) is 5.55. The van der Waals surface area contributed by atoms with Crippen molar-refractivity contribution in [3.63, 3.8) is 0 Å². The van der Waals surface area contributed by atoms with Crippen LogP contribution >= 0.6 is 0 Å². The zero-order chi connectivity index (χ0) is 15.8. The van der Waals surface area contributed by atoms with Gasteiger partial charge in [-0.15, -0.1) is 0 Å². The van der Waals surface area contributed by atoms with Gasteiger partial charge in [0, 0.05) is 23.5 Å². The Morgan fingerprint density at radius 1 is 1.26 bits per heavy atom. The highest BCUT2D eigenvalue weighted by atomic mass is 19.1. The van der Waals surface area contributed by atoms with E-state index in [-0.39, 0.29) is 12.3 Å². The summed E-state index contributed by atoms with van der Waals surface area (Å²) < 4.78 is 16.0. The van der Waals surface area contributed by atoms with Gasteiger partial charge in [0.1, 0.15) is 6.33 Å². The smallest absolute Gasteiger partial charge is 0.173 e. The van der Waals surface area contributed by atoms with Gasteiger partial charge in [-0.1, -0.05) is 6.08 Å². The number of allylic oxidation sites excluding steroid dienone is 1. The Kier molecular flexibility index (Phi) is 3.38. The lowest BCUT2D eigenvalue weighted by Crippen LogP contribution is -2.01. The van der Waals surface area contributed by atoms with E-state index in [9.17, 15) is 9.50 Å². The van der Waals surface area contributed by atoms with E-state index in [0.717, 1.165) is 41.7 Å². The topological polar surface area (TPSA) is 63.3 Å². The average Bonchev–Trinajstić information content (AvgIpc) is 2.87. The van der Waals surface area contributed by atoms with E-state index in [1.807, 2.05) is 6.20 Å². The number of hydrogen-bond acceptors (Lipinski definition) is 4. The first-order chi connectivity index (χ1) is 11.3. The third-order valence-corrected chi connectivity index (χ3v) is 4.16. The predicted molar refractivity (Wildman–Crippen MR) is 83.1 cm³/mol. The van der Waals surface area contributed by atoms with Crippen molar-refractivity contribution in [3.05, 3.63) is 65.4 Å². The zero-order valence-electron chi connectivity index (χ0n) is 12.4. The van der Waals surface area contributed by atoms with Crippen molar-refractivity contribution in [2.24, 2.45) is 0 Å². The van der Waals surface area contributed by atoms with E-state index >= 15 is 0 Å². The molecule has 0 aromatic carbocycles. The molecule has 0 spiro atoms. The largest absolute Gasteiger partial charge is 0.390 e. The van der Waals surface area contributed by atoms with Crippen molar-refractivity contribution in [2.75, 3.05) is 0 Å². The molecule has 3 aromatic heterocycles. The standard InChI is InChI=1S/C17H15FN4O/c18-15-5-11(8-22-12(9-23)6-20-17(15)22)13-3-1-2-4-16-14(13)7-19-10-21-16/h3,5-8,10,23H,1-2,4,9H2. The summed E-state index contributed by atoms with van der Waals surface area (Å²) in [6, 6.07) is 1.48. The number of hydrogen-bond donors (Lipinski definition) is 1. The lowest BCUT2D eigenvalue weighted by Gasteiger charge is -2.11. The minimum absolute atomic E-state index is 0.192. The fourth-order valence-electron chi connectivity index (χ4n) is 3.04. The number of aliphatic hydroxyl groups is 1. The van der Waals surface area contributed by atoms with Gasteiger partial charge >= 0.3 is 0 Å². The van der Waals surface area contributed by atoms with Crippen molar-refractivity contribution in [1.29, 1.82) is 0 Å². The summed E-state index contributed by atoms with van der Waals surface area (Å²) >= 11 is 0. The van der Waals surface area contributed by atoms with E-state index in [1.165, 1.54) is 12.3 Å². The summed E-state index contributed by atoms with van der Waals surface area (Å²) in [6.45, 7) is -0.192. The molecule has 0 amide bonds. The molecule has 1 aliphatic rings.